The quantitative estimate of drug-likeness (QED) is 0.722. The molecule has 0 aliphatic heterocycles. The fraction of sp³-hybridized carbons (Fsp3) is 0.786. The molecule has 1 heterocycles. The second kappa shape index (κ2) is 7.54. The van der Waals surface area contributed by atoms with Crippen LogP contribution in [-0.4, -0.2) is 34.8 Å². The lowest BCUT2D eigenvalue weighted by Gasteiger charge is -2.19. The van der Waals surface area contributed by atoms with Crippen LogP contribution in [0.2, 0.25) is 0 Å². The van der Waals surface area contributed by atoms with Gasteiger partial charge in [-0.05, 0) is 33.7 Å². The molecule has 0 aromatic carbocycles. The van der Waals surface area contributed by atoms with Crippen LogP contribution in [0.1, 0.15) is 39.8 Å². The minimum atomic E-state index is -0.0620. The Hall–Kier alpha value is -0.870. The third kappa shape index (κ3) is 6.77. The van der Waals surface area contributed by atoms with Gasteiger partial charge in [0.25, 0.3) is 0 Å². The molecule has 1 aromatic rings. The topological polar surface area (TPSA) is 39.1 Å². The Morgan fingerprint density at radius 2 is 2.11 bits per heavy atom. The summed E-state index contributed by atoms with van der Waals surface area (Å²) in [5.41, 5.74) is 1.09. The molecule has 0 saturated carbocycles. The molecule has 4 nitrogen and oxygen atoms in total. The second-order valence-electron chi connectivity index (χ2n) is 5.56. The molecule has 0 radical (unpaired) electrons. The number of imidazole rings is 1. The van der Waals surface area contributed by atoms with Crippen LogP contribution in [0.15, 0.2) is 12.5 Å². The van der Waals surface area contributed by atoms with Crippen molar-refractivity contribution in [2.45, 2.75) is 52.7 Å². The van der Waals surface area contributed by atoms with Gasteiger partial charge in [-0.3, -0.25) is 0 Å². The van der Waals surface area contributed by atoms with Crippen molar-refractivity contribution in [2.75, 3.05) is 19.7 Å². The van der Waals surface area contributed by atoms with Gasteiger partial charge in [0.05, 0.1) is 24.2 Å². The molecule has 18 heavy (non-hydrogen) atoms. The zero-order valence-corrected chi connectivity index (χ0v) is 12.2. The van der Waals surface area contributed by atoms with Crippen LogP contribution in [-0.2, 0) is 17.7 Å². The van der Waals surface area contributed by atoms with Gasteiger partial charge in [0.1, 0.15) is 0 Å². The molecule has 0 unspecified atom stereocenters. The van der Waals surface area contributed by atoms with Crippen molar-refractivity contribution in [3.63, 3.8) is 0 Å². The zero-order chi connectivity index (χ0) is 13.4. The minimum absolute atomic E-state index is 0.0620. The van der Waals surface area contributed by atoms with Gasteiger partial charge >= 0.3 is 0 Å². The molecule has 0 bridgehead atoms. The highest BCUT2D eigenvalue weighted by Gasteiger charge is 2.09. The number of nitrogens with zero attached hydrogens (tertiary/aromatic N) is 2. The zero-order valence-electron chi connectivity index (χ0n) is 12.2. The van der Waals surface area contributed by atoms with Crippen LogP contribution < -0.4 is 5.32 Å². The summed E-state index contributed by atoms with van der Waals surface area (Å²) in [5, 5.41) is 3.38. The molecule has 0 amide bonds. The molecular weight excluding hydrogens is 226 g/mol. The molecule has 0 atom stereocenters. The van der Waals surface area contributed by atoms with Crippen molar-refractivity contribution in [1.82, 2.24) is 14.9 Å². The van der Waals surface area contributed by atoms with Gasteiger partial charge in [0.15, 0.2) is 0 Å². The summed E-state index contributed by atoms with van der Waals surface area (Å²) in [6, 6.07) is 0. The molecule has 0 spiro atoms. The number of ether oxygens (including phenoxy) is 1. The summed E-state index contributed by atoms with van der Waals surface area (Å²) in [6.45, 7) is 12.1. The van der Waals surface area contributed by atoms with Crippen molar-refractivity contribution >= 4 is 0 Å². The van der Waals surface area contributed by atoms with Gasteiger partial charge < -0.3 is 14.6 Å². The summed E-state index contributed by atoms with van der Waals surface area (Å²) < 4.78 is 7.79. The predicted molar refractivity (Wildman–Crippen MR) is 74.8 cm³/mol. The molecule has 1 N–H and O–H groups in total. The van der Waals surface area contributed by atoms with Gasteiger partial charge in [-0.25, -0.2) is 4.98 Å². The van der Waals surface area contributed by atoms with Crippen LogP contribution in [0.3, 0.4) is 0 Å². The SMILES string of the molecule is CCCNCCc1cn(CCOC(C)(C)C)cn1. The molecule has 104 valence electrons. The fourth-order valence-electron chi connectivity index (χ4n) is 1.63. The first kappa shape index (κ1) is 15.2. The standard InChI is InChI=1S/C14H27N3O/c1-5-7-15-8-6-13-11-17(12-16-13)9-10-18-14(2,3)4/h11-12,15H,5-10H2,1-4H3. The monoisotopic (exact) mass is 253 g/mol. The highest BCUT2D eigenvalue weighted by atomic mass is 16.5. The second-order valence-corrected chi connectivity index (χ2v) is 5.56. The van der Waals surface area contributed by atoms with Crippen molar-refractivity contribution in [3.05, 3.63) is 18.2 Å². The van der Waals surface area contributed by atoms with E-state index in [2.05, 4.69) is 48.8 Å². The predicted octanol–water partition coefficient (Wildman–Crippen LogP) is 2.24. The minimum Gasteiger partial charge on any atom is -0.374 e. The van der Waals surface area contributed by atoms with Crippen molar-refractivity contribution in [3.8, 4) is 0 Å². The third-order valence-corrected chi connectivity index (χ3v) is 2.56. The van der Waals surface area contributed by atoms with E-state index >= 15 is 0 Å². The van der Waals surface area contributed by atoms with Crippen LogP contribution in [0.5, 0.6) is 0 Å². The first-order valence-corrected chi connectivity index (χ1v) is 6.86. The first-order valence-electron chi connectivity index (χ1n) is 6.86. The van der Waals surface area contributed by atoms with Gasteiger partial charge in [0.2, 0.25) is 0 Å². The lowest BCUT2D eigenvalue weighted by molar-refractivity contribution is -0.00683. The Morgan fingerprint density at radius 3 is 2.78 bits per heavy atom. The van der Waals surface area contributed by atoms with Crippen molar-refractivity contribution < 1.29 is 4.74 Å². The van der Waals surface area contributed by atoms with Gasteiger partial charge in [-0.2, -0.15) is 0 Å². The molecule has 1 rings (SSSR count). The van der Waals surface area contributed by atoms with E-state index in [1.54, 1.807) is 0 Å². The van der Waals surface area contributed by atoms with Crippen LogP contribution >= 0.6 is 0 Å². The van der Waals surface area contributed by atoms with Gasteiger partial charge in [-0.1, -0.05) is 6.92 Å². The Bertz CT molecular complexity index is 328. The van der Waals surface area contributed by atoms with Crippen LogP contribution in [0.4, 0.5) is 0 Å². The maximum atomic E-state index is 5.69. The number of nitrogens with one attached hydrogen (secondary N) is 1. The summed E-state index contributed by atoms with van der Waals surface area (Å²) in [7, 11) is 0. The molecule has 0 fully saturated rings. The normalized spacial score (nSPS) is 12.0. The average Bonchev–Trinajstić information content (AvgIpc) is 2.71. The summed E-state index contributed by atoms with van der Waals surface area (Å²) in [5.74, 6) is 0. The molecule has 0 aliphatic carbocycles. The Balaban J connectivity index is 2.21. The summed E-state index contributed by atoms with van der Waals surface area (Å²) in [6.07, 6.45) is 6.17. The van der Waals surface area contributed by atoms with E-state index in [0.717, 1.165) is 38.4 Å². The highest BCUT2D eigenvalue weighted by Crippen LogP contribution is 2.06. The highest BCUT2D eigenvalue weighted by molar-refractivity contribution is 4.97. The average molecular weight is 253 g/mol. The van der Waals surface area contributed by atoms with E-state index in [-0.39, 0.29) is 5.60 Å². The number of hydrogen-bond donors (Lipinski definition) is 1. The summed E-state index contributed by atoms with van der Waals surface area (Å²) in [4.78, 5) is 4.40. The molecule has 0 saturated heterocycles. The Kier molecular flexibility index (Phi) is 6.36. The maximum Gasteiger partial charge on any atom is 0.0950 e. The fourth-order valence-corrected chi connectivity index (χ4v) is 1.63. The maximum absolute atomic E-state index is 5.69. The smallest absolute Gasteiger partial charge is 0.0950 e. The van der Waals surface area contributed by atoms with Gasteiger partial charge in [0, 0.05) is 25.7 Å². The Morgan fingerprint density at radius 1 is 1.33 bits per heavy atom. The summed E-state index contributed by atoms with van der Waals surface area (Å²) >= 11 is 0. The Labute approximate surface area is 111 Å². The lowest BCUT2D eigenvalue weighted by Crippen LogP contribution is -2.21. The number of aromatic nitrogens is 2. The molecule has 0 aliphatic rings. The molecular formula is C14H27N3O. The largest absolute Gasteiger partial charge is 0.374 e. The van der Waals surface area contributed by atoms with Crippen LogP contribution in [0.25, 0.3) is 0 Å². The van der Waals surface area contributed by atoms with E-state index in [1.165, 1.54) is 6.42 Å². The van der Waals surface area contributed by atoms with E-state index in [0.29, 0.717) is 0 Å². The number of rotatable bonds is 8. The van der Waals surface area contributed by atoms with E-state index in [1.807, 2.05) is 6.33 Å². The van der Waals surface area contributed by atoms with Crippen molar-refractivity contribution in [2.24, 2.45) is 0 Å². The van der Waals surface area contributed by atoms with Crippen molar-refractivity contribution in [1.29, 1.82) is 0 Å². The first-order chi connectivity index (χ1) is 8.51. The third-order valence-electron chi connectivity index (χ3n) is 2.56. The van der Waals surface area contributed by atoms with E-state index < -0.39 is 0 Å². The molecule has 1 aromatic heterocycles. The lowest BCUT2D eigenvalue weighted by atomic mass is 10.2. The number of hydrogen-bond acceptors (Lipinski definition) is 3. The van der Waals surface area contributed by atoms with E-state index in [9.17, 15) is 0 Å². The molecule has 4 heteroatoms. The van der Waals surface area contributed by atoms with Crippen LogP contribution in [0, 0.1) is 0 Å². The van der Waals surface area contributed by atoms with Gasteiger partial charge in [-0.15, -0.1) is 0 Å². The van der Waals surface area contributed by atoms with E-state index in [4.69, 9.17) is 4.74 Å².